The minimum atomic E-state index is -0.0504. The van der Waals surface area contributed by atoms with Gasteiger partial charge in [-0.05, 0) is 19.3 Å². The highest BCUT2D eigenvalue weighted by Crippen LogP contribution is 2.13. The van der Waals surface area contributed by atoms with Crippen LogP contribution in [-0.4, -0.2) is 45.9 Å². The fourth-order valence-corrected chi connectivity index (χ4v) is 1.47. The van der Waals surface area contributed by atoms with Gasteiger partial charge in [-0.15, -0.1) is 6.42 Å². The van der Waals surface area contributed by atoms with Crippen LogP contribution in [0.2, 0.25) is 0 Å². The smallest absolute Gasteiger partial charge is 0.157 e. The molecule has 0 aromatic rings. The molecule has 0 N–H and O–H groups in total. The van der Waals surface area contributed by atoms with E-state index in [2.05, 4.69) is 17.8 Å². The van der Waals surface area contributed by atoms with Crippen molar-refractivity contribution < 1.29 is 18.9 Å². The van der Waals surface area contributed by atoms with Gasteiger partial charge in [-0.2, -0.15) is 0 Å². The Labute approximate surface area is 109 Å². The summed E-state index contributed by atoms with van der Waals surface area (Å²) in [5.41, 5.74) is 0. The molecule has 1 rings (SSSR count). The topological polar surface area (TPSA) is 36.9 Å². The van der Waals surface area contributed by atoms with E-state index in [0.717, 1.165) is 19.4 Å². The second-order valence-corrected chi connectivity index (χ2v) is 3.77. The number of rotatable bonds is 7. The van der Waals surface area contributed by atoms with Gasteiger partial charge < -0.3 is 18.9 Å². The second-order valence-electron chi connectivity index (χ2n) is 3.77. The van der Waals surface area contributed by atoms with Crippen LogP contribution in [0.3, 0.4) is 0 Å². The van der Waals surface area contributed by atoms with Gasteiger partial charge in [0.15, 0.2) is 6.29 Å². The molecule has 1 heterocycles. The molecule has 4 nitrogen and oxygen atoms in total. The van der Waals surface area contributed by atoms with E-state index in [4.69, 9.17) is 25.4 Å². The van der Waals surface area contributed by atoms with Crippen LogP contribution in [0.1, 0.15) is 19.3 Å². The average Bonchev–Trinajstić information content (AvgIpc) is 2.42. The Morgan fingerprint density at radius 1 is 1.06 bits per heavy atom. The standard InChI is InChI=1S/C14H20O4/c1-2-8-15-9-5-6-10-16-12-13-18-14-7-3-4-11-17-14/h1,14H,3-4,7-13H2. The SMILES string of the molecule is C#CCOCC#CCOCCOC1CCCCO1. The van der Waals surface area contributed by atoms with Crippen molar-refractivity contribution in [3.05, 3.63) is 0 Å². The lowest BCUT2D eigenvalue weighted by atomic mass is 10.2. The Morgan fingerprint density at radius 3 is 2.61 bits per heavy atom. The Morgan fingerprint density at radius 2 is 1.89 bits per heavy atom. The molecule has 1 aliphatic rings. The van der Waals surface area contributed by atoms with E-state index in [1.165, 1.54) is 6.42 Å². The van der Waals surface area contributed by atoms with Crippen molar-refractivity contribution in [2.45, 2.75) is 25.6 Å². The maximum absolute atomic E-state index is 5.50. The van der Waals surface area contributed by atoms with Crippen LogP contribution in [0.25, 0.3) is 0 Å². The number of ether oxygens (including phenoxy) is 4. The Kier molecular flexibility index (Phi) is 9.24. The second kappa shape index (κ2) is 11.1. The highest BCUT2D eigenvalue weighted by Gasteiger charge is 2.13. The van der Waals surface area contributed by atoms with Crippen LogP contribution < -0.4 is 0 Å². The number of hydrogen-bond donors (Lipinski definition) is 0. The molecule has 1 saturated heterocycles. The summed E-state index contributed by atoms with van der Waals surface area (Å²) in [6.45, 7) is 2.90. The van der Waals surface area contributed by atoms with Crippen molar-refractivity contribution in [3.63, 3.8) is 0 Å². The molecule has 18 heavy (non-hydrogen) atoms. The van der Waals surface area contributed by atoms with E-state index in [1.54, 1.807) is 0 Å². The van der Waals surface area contributed by atoms with Gasteiger partial charge in [0, 0.05) is 6.61 Å². The zero-order valence-electron chi connectivity index (χ0n) is 10.7. The van der Waals surface area contributed by atoms with Crippen LogP contribution >= 0.6 is 0 Å². The summed E-state index contributed by atoms with van der Waals surface area (Å²) >= 11 is 0. The zero-order valence-corrected chi connectivity index (χ0v) is 10.7. The maximum Gasteiger partial charge on any atom is 0.157 e. The lowest BCUT2D eigenvalue weighted by Gasteiger charge is -2.22. The Balaban J connectivity index is 1.84. The molecular weight excluding hydrogens is 232 g/mol. The molecule has 1 fully saturated rings. The third-order valence-corrected chi connectivity index (χ3v) is 2.33. The minimum absolute atomic E-state index is 0.0504. The lowest BCUT2D eigenvalue weighted by Crippen LogP contribution is -2.23. The third kappa shape index (κ3) is 8.11. The average molecular weight is 252 g/mol. The van der Waals surface area contributed by atoms with E-state index in [-0.39, 0.29) is 6.29 Å². The van der Waals surface area contributed by atoms with Crippen LogP contribution in [-0.2, 0) is 18.9 Å². The molecule has 0 spiro atoms. The Bertz CT molecular complexity index is 291. The molecule has 0 saturated carbocycles. The van der Waals surface area contributed by atoms with Gasteiger partial charge in [0.1, 0.15) is 19.8 Å². The van der Waals surface area contributed by atoms with Gasteiger partial charge in [0.05, 0.1) is 13.2 Å². The van der Waals surface area contributed by atoms with Crippen molar-refractivity contribution >= 4 is 0 Å². The molecule has 1 aliphatic heterocycles. The molecule has 0 amide bonds. The zero-order chi connectivity index (χ0) is 12.9. The van der Waals surface area contributed by atoms with Crippen molar-refractivity contribution in [1.82, 2.24) is 0 Å². The molecule has 100 valence electrons. The summed E-state index contributed by atoms with van der Waals surface area (Å²) in [5.74, 6) is 8.00. The summed E-state index contributed by atoms with van der Waals surface area (Å²) in [5, 5.41) is 0. The minimum Gasteiger partial charge on any atom is -0.366 e. The fourth-order valence-electron chi connectivity index (χ4n) is 1.47. The molecule has 1 atom stereocenters. The van der Waals surface area contributed by atoms with Crippen molar-refractivity contribution in [3.8, 4) is 24.2 Å². The van der Waals surface area contributed by atoms with Crippen LogP contribution in [0.5, 0.6) is 0 Å². The molecule has 0 aliphatic carbocycles. The van der Waals surface area contributed by atoms with Crippen LogP contribution in [0.15, 0.2) is 0 Å². The monoisotopic (exact) mass is 252 g/mol. The molecule has 0 aromatic heterocycles. The quantitative estimate of drug-likeness (QED) is 0.504. The summed E-state index contributed by atoms with van der Waals surface area (Å²) in [6, 6.07) is 0. The van der Waals surface area contributed by atoms with Crippen LogP contribution in [0.4, 0.5) is 0 Å². The molecule has 4 heteroatoms. The maximum atomic E-state index is 5.50. The first-order valence-corrected chi connectivity index (χ1v) is 6.21. The van der Waals surface area contributed by atoms with E-state index in [9.17, 15) is 0 Å². The van der Waals surface area contributed by atoms with Crippen molar-refractivity contribution in [2.75, 3.05) is 39.6 Å². The number of hydrogen-bond acceptors (Lipinski definition) is 4. The first kappa shape index (κ1) is 15.0. The van der Waals surface area contributed by atoms with E-state index < -0.39 is 0 Å². The van der Waals surface area contributed by atoms with Gasteiger partial charge in [0.2, 0.25) is 0 Å². The van der Waals surface area contributed by atoms with Gasteiger partial charge in [-0.3, -0.25) is 0 Å². The van der Waals surface area contributed by atoms with Gasteiger partial charge in [0.25, 0.3) is 0 Å². The van der Waals surface area contributed by atoms with E-state index in [0.29, 0.717) is 33.0 Å². The highest BCUT2D eigenvalue weighted by molar-refractivity contribution is 4.99. The molecular formula is C14H20O4. The summed E-state index contributed by atoms with van der Waals surface area (Å²) in [6.07, 6.45) is 8.25. The first-order valence-electron chi connectivity index (χ1n) is 6.21. The Hall–Kier alpha value is -1.04. The fraction of sp³-hybridized carbons (Fsp3) is 0.714. The van der Waals surface area contributed by atoms with Crippen molar-refractivity contribution in [2.24, 2.45) is 0 Å². The lowest BCUT2D eigenvalue weighted by molar-refractivity contribution is -0.168. The molecule has 0 aromatic carbocycles. The molecule has 1 unspecified atom stereocenters. The van der Waals surface area contributed by atoms with E-state index in [1.807, 2.05) is 0 Å². The molecule has 0 bridgehead atoms. The van der Waals surface area contributed by atoms with Crippen LogP contribution in [0, 0.1) is 24.2 Å². The van der Waals surface area contributed by atoms with Crippen molar-refractivity contribution in [1.29, 1.82) is 0 Å². The highest BCUT2D eigenvalue weighted by atomic mass is 16.7. The van der Waals surface area contributed by atoms with E-state index >= 15 is 0 Å². The predicted octanol–water partition coefficient (Wildman–Crippen LogP) is 1.20. The summed E-state index contributed by atoms with van der Waals surface area (Å²) in [4.78, 5) is 0. The summed E-state index contributed by atoms with van der Waals surface area (Å²) < 4.78 is 21.2. The predicted molar refractivity (Wildman–Crippen MR) is 67.8 cm³/mol. The van der Waals surface area contributed by atoms with Gasteiger partial charge >= 0.3 is 0 Å². The van der Waals surface area contributed by atoms with Gasteiger partial charge in [-0.1, -0.05) is 17.8 Å². The summed E-state index contributed by atoms with van der Waals surface area (Å²) in [7, 11) is 0. The number of terminal acetylenes is 1. The van der Waals surface area contributed by atoms with Gasteiger partial charge in [-0.25, -0.2) is 0 Å². The molecule has 0 radical (unpaired) electrons. The largest absolute Gasteiger partial charge is 0.366 e. The normalized spacial score (nSPS) is 18.7. The third-order valence-electron chi connectivity index (χ3n) is 2.33. The first-order chi connectivity index (χ1) is 8.93.